The van der Waals surface area contributed by atoms with Crippen LogP contribution >= 0.6 is 23.1 Å². The van der Waals surface area contributed by atoms with Crippen molar-refractivity contribution in [3.8, 4) is 0 Å². The van der Waals surface area contributed by atoms with Crippen LogP contribution < -0.4 is 10.6 Å². The van der Waals surface area contributed by atoms with Crippen LogP contribution in [0.25, 0.3) is 0 Å². The van der Waals surface area contributed by atoms with Gasteiger partial charge in [-0.2, -0.15) is 0 Å². The number of carbonyl (C=O) groups excluding carboxylic acids is 4. The zero-order valence-electron chi connectivity index (χ0n) is 25.3. The Morgan fingerprint density at radius 1 is 0.978 bits per heavy atom. The molecule has 2 heterocycles. The van der Waals surface area contributed by atoms with E-state index < -0.39 is 47.0 Å². The van der Waals surface area contributed by atoms with Crippen LogP contribution in [0.15, 0.2) is 47.4 Å². The highest BCUT2D eigenvalue weighted by Gasteiger charge is 2.32. The highest BCUT2D eigenvalue weighted by molar-refractivity contribution is 8.00. The fourth-order valence-corrected chi connectivity index (χ4v) is 6.54. The zero-order chi connectivity index (χ0) is 33.8. The summed E-state index contributed by atoms with van der Waals surface area (Å²) in [4.78, 5) is 76.9. The quantitative estimate of drug-likeness (QED) is 0.173. The van der Waals surface area contributed by atoms with Gasteiger partial charge in [-0.1, -0.05) is 6.07 Å². The topological polar surface area (TPSA) is 189 Å². The number of hydrogen-bond acceptors (Lipinski definition) is 10. The Morgan fingerprint density at radius 2 is 1.72 bits per heavy atom. The summed E-state index contributed by atoms with van der Waals surface area (Å²) in [5, 5.41) is 24.3. The van der Waals surface area contributed by atoms with Gasteiger partial charge in [0.05, 0.1) is 41.7 Å². The monoisotopic (exact) mass is 669 g/mol. The first-order valence-electron chi connectivity index (χ1n) is 13.8. The van der Waals surface area contributed by atoms with Crippen molar-refractivity contribution in [2.45, 2.75) is 44.2 Å². The molecule has 0 radical (unpaired) electrons. The Morgan fingerprint density at radius 3 is 2.37 bits per heavy atom. The predicted molar refractivity (Wildman–Crippen MR) is 170 cm³/mol. The predicted octanol–water partition coefficient (Wildman–Crippen LogP) is 5.21. The van der Waals surface area contributed by atoms with Crippen molar-refractivity contribution in [3.05, 3.63) is 75.2 Å². The van der Waals surface area contributed by atoms with Crippen LogP contribution in [0.5, 0.6) is 0 Å². The second-order valence-electron chi connectivity index (χ2n) is 11.0. The lowest BCUT2D eigenvalue weighted by Gasteiger charge is -2.30. The van der Waals surface area contributed by atoms with E-state index in [1.165, 1.54) is 18.4 Å². The van der Waals surface area contributed by atoms with E-state index in [1.807, 2.05) is 0 Å². The van der Waals surface area contributed by atoms with Crippen molar-refractivity contribution < 1.29 is 48.5 Å². The number of fused-ring (bicyclic) bond motifs is 1. The van der Waals surface area contributed by atoms with Crippen LogP contribution in [0, 0.1) is 0 Å². The number of thioether (sulfide) groups is 1. The van der Waals surface area contributed by atoms with Gasteiger partial charge < -0.3 is 35.2 Å². The van der Waals surface area contributed by atoms with Gasteiger partial charge in [0, 0.05) is 22.0 Å². The summed E-state index contributed by atoms with van der Waals surface area (Å²) >= 11 is 2.35. The normalized spacial score (nSPS) is 12.5. The Bertz CT molecular complexity index is 1730. The molecule has 15 heteroatoms. The Kier molecular flexibility index (Phi) is 10.4. The van der Waals surface area contributed by atoms with Gasteiger partial charge in [-0.3, -0.25) is 9.59 Å². The van der Waals surface area contributed by atoms with E-state index in [2.05, 4.69) is 10.6 Å². The van der Waals surface area contributed by atoms with Crippen LogP contribution in [0.2, 0.25) is 0 Å². The minimum atomic E-state index is -1.45. The summed E-state index contributed by atoms with van der Waals surface area (Å²) in [6.07, 6.45) is -0.0824. The second-order valence-corrected chi connectivity index (χ2v) is 13.2. The van der Waals surface area contributed by atoms with E-state index in [-0.39, 0.29) is 29.0 Å². The molecular weight excluding hydrogens is 638 g/mol. The Hall–Kier alpha value is -4.89. The Balaban J connectivity index is 1.43. The maximum Gasteiger partial charge on any atom is 0.410 e. The van der Waals surface area contributed by atoms with Gasteiger partial charge in [0.25, 0.3) is 5.91 Å². The van der Waals surface area contributed by atoms with Crippen molar-refractivity contribution in [2.24, 2.45) is 0 Å². The molecule has 0 saturated carbocycles. The first-order valence-corrected chi connectivity index (χ1v) is 15.6. The average Bonchev–Trinajstić information content (AvgIpc) is 3.35. The lowest BCUT2D eigenvalue weighted by Crippen LogP contribution is -2.39. The lowest BCUT2D eigenvalue weighted by molar-refractivity contribution is -0.113. The van der Waals surface area contributed by atoms with Crippen molar-refractivity contribution in [1.29, 1.82) is 0 Å². The minimum absolute atomic E-state index is 0.0512. The molecule has 0 bridgehead atoms. The maximum absolute atomic E-state index is 13.0. The van der Waals surface area contributed by atoms with Crippen LogP contribution in [0.1, 0.15) is 72.6 Å². The third-order valence-electron chi connectivity index (χ3n) is 6.55. The number of esters is 1. The summed E-state index contributed by atoms with van der Waals surface area (Å²) < 4.78 is 10.5. The fraction of sp³-hybridized carbons (Fsp3) is 0.290. The summed E-state index contributed by atoms with van der Waals surface area (Å²) in [7, 11) is 1.25. The van der Waals surface area contributed by atoms with E-state index in [9.17, 15) is 33.9 Å². The summed E-state index contributed by atoms with van der Waals surface area (Å²) in [5.41, 5.74) is -0.315. The van der Waals surface area contributed by atoms with E-state index in [0.29, 0.717) is 34.1 Å². The molecule has 3 aromatic rings. The molecule has 4 N–H and O–H groups in total. The molecule has 4 rings (SSSR count). The number of carbonyl (C=O) groups is 6. The van der Waals surface area contributed by atoms with Gasteiger partial charge in [-0.05, 0) is 69.2 Å². The number of hydrogen-bond donors (Lipinski definition) is 4. The fourth-order valence-electron chi connectivity index (χ4n) is 4.52. The summed E-state index contributed by atoms with van der Waals surface area (Å²) in [5.74, 6) is -4.59. The third kappa shape index (κ3) is 8.22. The molecule has 0 fully saturated rings. The van der Waals surface area contributed by atoms with Crippen molar-refractivity contribution in [3.63, 3.8) is 0 Å². The molecule has 3 amide bonds. The minimum Gasteiger partial charge on any atom is -0.478 e. The number of nitrogens with zero attached hydrogens (tertiary/aromatic N) is 1. The number of thiophene rings is 1. The molecular formula is C31H31N3O10S2. The number of carboxylic acids is 2. The highest BCUT2D eigenvalue weighted by Crippen LogP contribution is 2.38. The van der Waals surface area contributed by atoms with Crippen LogP contribution in [-0.2, 0) is 27.2 Å². The number of benzene rings is 2. The third-order valence-corrected chi connectivity index (χ3v) is 8.68. The first-order chi connectivity index (χ1) is 21.7. The van der Waals surface area contributed by atoms with Gasteiger partial charge in [-0.15, -0.1) is 23.1 Å². The SMILES string of the molecule is COC(=O)c1c(NC(=O)CSc2cccc(NC(=O)c3ccc(C(=O)O)cc3C(=O)O)c2)sc2c1CCN(C(=O)OC(C)(C)C)C2. The van der Waals surface area contributed by atoms with E-state index in [0.717, 1.165) is 34.8 Å². The average molecular weight is 670 g/mol. The molecule has 1 aliphatic heterocycles. The molecule has 1 aromatic heterocycles. The van der Waals surface area contributed by atoms with Gasteiger partial charge in [0.2, 0.25) is 5.91 Å². The molecule has 0 saturated heterocycles. The standard InChI is InChI=1S/C31H31N3O10S2/c1-31(2,3)44-30(42)34-11-10-20-22(14-34)46-26(24(20)29(41)43-4)33-23(35)15-45-18-7-5-6-17(13-18)32-25(36)19-9-8-16(27(37)38)12-21(19)28(39)40/h5-9,12-13H,10-11,14-15H2,1-4H3,(H,32,36)(H,33,35)(H,37,38)(H,39,40). The number of rotatable bonds is 9. The molecule has 0 atom stereocenters. The van der Waals surface area contributed by atoms with Crippen molar-refractivity contribution >= 4 is 69.6 Å². The molecule has 46 heavy (non-hydrogen) atoms. The first kappa shape index (κ1) is 34.0. The van der Waals surface area contributed by atoms with Gasteiger partial charge in [-0.25, -0.2) is 19.2 Å². The Labute approximate surface area is 271 Å². The molecule has 0 unspecified atom stereocenters. The van der Waals surface area contributed by atoms with Crippen molar-refractivity contribution in [2.75, 3.05) is 30.0 Å². The number of methoxy groups -OCH3 is 1. The van der Waals surface area contributed by atoms with Crippen LogP contribution in [0.4, 0.5) is 15.5 Å². The summed E-state index contributed by atoms with van der Waals surface area (Å²) in [6.45, 7) is 5.89. The molecule has 1 aliphatic rings. The second kappa shape index (κ2) is 14.0. The zero-order valence-corrected chi connectivity index (χ0v) is 26.9. The summed E-state index contributed by atoms with van der Waals surface area (Å²) in [6, 6.07) is 9.71. The number of carboxylic acid groups (broad SMARTS) is 2. The molecule has 242 valence electrons. The molecule has 13 nitrogen and oxygen atoms in total. The van der Waals surface area contributed by atoms with Gasteiger partial charge in [0.1, 0.15) is 10.6 Å². The number of ether oxygens (including phenoxy) is 2. The largest absolute Gasteiger partial charge is 0.478 e. The maximum atomic E-state index is 13.0. The smallest absolute Gasteiger partial charge is 0.410 e. The lowest BCUT2D eigenvalue weighted by atomic mass is 10.0. The number of nitrogens with one attached hydrogen (secondary N) is 2. The van der Waals surface area contributed by atoms with Crippen LogP contribution in [0.3, 0.4) is 0 Å². The van der Waals surface area contributed by atoms with Gasteiger partial charge >= 0.3 is 24.0 Å². The van der Waals surface area contributed by atoms with Crippen molar-refractivity contribution in [1.82, 2.24) is 4.90 Å². The van der Waals surface area contributed by atoms with E-state index in [1.54, 1.807) is 49.9 Å². The number of anilines is 2. The number of amides is 3. The molecule has 0 spiro atoms. The van der Waals surface area contributed by atoms with E-state index in [4.69, 9.17) is 14.6 Å². The molecule has 0 aliphatic carbocycles. The highest BCUT2D eigenvalue weighted by atomic mass is 32.2. The van der Waals surface area contributed by atoms with Gasteiger partial charge in [0.15, 0.2) is 0 Å². The van der Waals surface area contributed by atoms with Crippen LogP contribution in [-0.4, -0.2) is 75.9 Å². The molecule has 2 aromatic carbocycles. The number of aromatic carboxylic acids is 2. The van der Waals surface area contributed by atoms with E-state index >= 15 is 0 Å².